The molecule has 0 amide bonds. The van der Waals surface area contributed by atoms with E-state index in [9.17, 15) is 9.59 Å². The zero-order valence-corrected chi connectivity index (χ0v) is 10.3. The molecule has 0 radical (unpaired) electrons. The first-order valence-corrected chi connectivity index (χ1v) is 5.69. The van der Waals surface area contributed by atoms with Gasteiger partial charge in [-0.2, -0.15) is 0 Å². The Bertz CT molecular complexity index is 549. The molecular weight excluding hydrogens is 220 g/mol. The summed E-state index contributed by atoms with van der Waals surface area (Å²) >= 11 is 0. The zero-order chi connectivity index (χ0) is 12.6. The molecule has 0 spiro atoms. The third kappa shape index (κ3) is 1.81. The quantitative estimate of drug-likeness (QED) is 0.570. The van der Waals surface area contributed by atoms with Crippen molar-refractivity contribution in [1.82, 2.24) is 9.36 Å². The predicted octanol–water partition coefficient (Wildman–Crippen LogP) is 1.09. The maximum atomic E-state index is 12.1. The van der Waals surface area contributed by atoms with Crippen LogP contribution in [-0.4, -0.2) is 21.9 Å². The molecule has 2 rings (SSSR count). The van der Waals surface area contributed by atoms with Crippen molar-refractivity contribution in [3.05, 3.63) is 33.3 Å². The minimum atomic E-state index is -0.526. The van der Waals surface area contributed by atoms with Gasteiger partial charge in [0.05, 0.1) is 25.4 Å². The molecule has 1 aromatic rings. The van der Waals surface area contributed by atoms with E-state index in [2.05, 4.69) is 6.08 Å². The molecule has 1 aliphatic rings. The molecule has 92 valence electrons. The molecule has 0 bridgehead atoms. The van der Waals surface area contributed by atoms with Gasteiger partial charge in [0.25, 0.3) is 5.56 Å². The molecule has 0 unspecified atom stereocenters. The summed E-state index contributed by atoms with van der Waals surface area (Å²) in [5, 5.41) is 0. The number of rotatable bonds is 2. The highest BCUT2D eigenvalue weighted by molar-refractivity contribution is 5.90. The molecule has 0 aromatic carbocycles. The smallest absolute Gasteiger partial charge is 0.345 e. The molecule has 0 atom stereocenters. The second-order valence-corrected chi connectivity index (χ2v) is 4.18. The number of esters is 1. The van der Waals surface area contributed by atoms with Crippen molar-refractivity contribution in [1.29, 1.82) is 0 Å². The largest absolute Gasteiger partial charge is 0.462 e. The molecule has 0 N–H and O–H groups in total. The normalized spacial score (nSPS) is 14.2. The standard InChI is InChI=1S/C12H16N2O3/c1-4-17-12(16)10-9(3)13-6-5-8(2)7-14(13)11(10)15/h5H,4,6-7H2,1-3H3. The van der Waals surface area contributed by atoms with Crippen molar-refractivity contribution in [2.75, 3.05) is 6.61 Å². The maximum Gasteiger partial charge on any atom is 0.345 e. The summed E-state index contributed by atoms with van der Waals surface area (Å²) < 4.78 is 8.33. The summed E-state index contributed by atoms with van der Waals surface area (Å²) in [6, 6.07) is 0. The Labute approximate surface area is 99.3 Å². The summed E-state index contributed by atoms with van der Waals surface area (Å²) in [4.78, 5) is 23.8. The summed E-state index contributed by atoms with van der Waals surface area (Å²) in [6.45, 7) is 6.93. The third-order valence-electron chi connectivity index (χ3n) is 2.98. The van der Waals surface area contributed by atoms with Crippen molar-refractivity contribution in [3.8, 4) is 0 Å². The number of carbonyl (C=O) groups excluding carboxylic acids is 1. The number of carbonyl (C=O) groups is 1. The second-order valence-electron chi connectivity index (χ2n) is 4.18. The highest BCUT2D eigenvalue weighted by Crippen LogP contribution is 2.13. The number of aromatic nitrogens is 2. The van der Waals surface area contributed by atoms with Crippen LogP contribution < -0.4 is 5.56 Å². The summed E-state index contributed by atoms with van der Waals surface area (Å²) in [5.74, 6) is -0.526. The van der Waals surface area contributed by atoms with E-state index in [-0.39, 0.29) is 17.7 Å². The fraction of sp³-hybridized carbons (Fsp3) is 0.500. The highest BCUT2D eigenvalue weighted by Gasteiger charge is 2.24. The maximum absolute atomic E-state index is 12.1. The molecule has 5 heteroatoms. The van der Waals surface area contributed by atoms with Crippen LogP contribution in [0.5, 0.6) is 0 Å². The fourth-order valence-corrected chi connectivity index (χ4v) is 2.08. The lowest BCUT2D eigenvalue weighted by Gasteiger charge is -2.17. The van der Waals surface area contributed by atoms with Crippen molar-refractivity contribution in [3.63, 3.8) is 0 Å². The van der Waals surface area contributed by atoms with Crippen molar-refractivity contribution >= 4 is 5.97 Å². The molecule has 2 heterocycles. The van der Waals surface area contributed by atoms with E-state index in [0.29, 0.717) is 18.8 Å². The van der Waals surface area contributed by atoms with Gasteiger partial charge in [-0.15, -0.1) is 0 Å². The first-order valence-electron chi connectivity index (χ1n) is 5.69. The summed E-state index contributed by atoms with van der Waals surface area (Å²) in [7, 11) is 0. The molecule has 0 aliphatic carbocycles. The second kappa shape index (κ2) is 4.24. The van der Waals surface area contributed by atoms with Gasteiger partial charge in [0.2, 0.25) is 0 Å². The van der Waals surface area contributed by atoms with E-state index in [4.69, 9.17) is 4.74 Å². The number of ether oxygens (including phenoxy) is 1. The van der Waals surface area contributed by atoms with Crippen LogP contribution in [0, 0.1) is 6.92 Å². The number of hydrogen-bond donors (Lipinski definition) is 0. The Morgan fingerprint density at radius 1 is 1.41 bits per heavy atom. The molecule has 0 saturated carbocycles. The van der Waals surface area contributed by atoms with Gasteiger partial charge in [0.1, 0.15) is 5.56 Å². The van der Waals surface area contributed by atoms with Crippen LogP contribution >= 0.6 is 0 Å². The van der Waals surface area contributed by atoms with Gasteiger partial charge >= 0.3 is 5.97 Å². The van der Waals surface area contributed by atoms with Crippen LogP contribution in [0.1, 0.15) is 29.9 Å². The Balaban J connectivity index is 2.51. The molecule has 0 saturated heterocycles. The number of hydrogen-bond acceptors (Lipinski definition) is 3. The summed E-state index contributed by atoms with van der Waals surface area (Å²) in [5.41, 5.74) is 1.72. The van der Waals surface area contributed by atoms with E-state index in [1.165, 1.54) is 0 Å². The van der Waals surface area contributed by atoms with Crippen LogP contribution in [0.25, 0.3) is 0 Å². The number of fused-ring (bicyclic) bond motifs is 1. The molecule has 1 aliphatic heterocycles. The van der Waals surface area contributed by atoms with E-state index >= 15 is 0 Å². The van der Waals surface area contributed by atoms with Gasteiger partial charge in [0, 0.05) is 0 Å². The van der Waals surface area contributed by atoms with Gasteiger partial charge in [-0.25, -0.2) is 9.48 Å². The molecule has 17 heavy (non-hydrogen) atoms. The third-order valence-corrected chi connectivity index (χ3v) is 2.98. The molecule has 5 nitrogen and oxygen atoms in total. The van der Waals surface area contributed by atoms with Crippen LogP contribution in [-0.2, 0) is 17.8 Å². The van der Waals surface area contributed by atoms with Gasteiger partial charge in [0.15, 0.2) is 0 Å². The van der Waals surface area contributed by atoms with Crippen molar-refractivity contribution < 1.29 is 9.53 Å². The minimum Gasteiger partial charge on any atom is -0.462 e. The Hall–Kier alpha value is -1.78. The molecular formula is C12H16N2O3. The SMILES string of the molecule is CCOC(=O)c1c(C)n2n(c1=O)CC(C)=CC2. The van der Waals surface area contributed by atoms with Crippen LogP contribution in [0.15, 0.2) is 16.4 Å². The fourth-order valence-electron chi connectivity index (χ4n) is 2.08. The average Bonchev–Trinajstić information content (AvgIpc) is 2.52. The first kappa shape index (κ1) is 11.7. The lowest BCUT2D eigenvalue weighted by atomic mass is 10.2. The molecule has 0 fully saturated rings. The van der Waals surface area contributed by atoms with Crippen molar-refractivity contribution in [2.45, 2.75) is 33.9 Å². The topological polar surface area (TPSA) is 53.2 Å². The van der Waals surface area contributed by atoms with E-state index in [1.807, 2.05) is 11.6 Å². The Morgan fingerprint density at radius 2 is 2.12 bits per heavy atom. The monoisotopic (exact) mass is 236 g/mol. The van der Waals surface area contributed by atoms with Gasteiger partial charge < -0.3 is 4.74 Å². The number of allylic oxidation sites excluding steroid dienone is 2. The van der Waals surface area contributed by atoms with E-state index in [0.717, 1.165) is 5.57 Å². The minimum absolute atomic E-state index is 0.162. The average molecular weight is 236 g/mol. The lowest BCUT2D eigenvalue weighted by molar-refractivity contribution is 0.0523. The van der Waals surface area contributed by atoms with E-state index < -0.39 is 5.97 Å². The van der Waals surface area contributed by atoms with Gasteiger partial charge in [-0.3, -0.25) is 9.48 Å². The van der Waals surface area contributed by atoms with Crippen molar-refractivity contribution in [2.24, 2.45) is 0 Å². The van der Waals surface area contributed by atoms with Crippen LogP contribution in [0.4, 0.5) is 0 Å². The van der Waals surface area contributed by atoms with Crippen LogP contribution in [0.3, 0.4) is 0 Å². The lowest BCUT2D eigenvalue weighted by Crippen LogP contribution is -2.28. The first-order chi connectivity index (χ1) is 8.06. The van der Waals surface area contributed by atoms with Gasteiger partial charge in [-0.1, -0.05) is 11.6 Å². The Kier molecular flexibility index (Phi) is 2.92. The van der Waals surface area contributed by atoms with E-state index in [1.54, 1.807) is 18.5 Å². The van der Waals surface area contributed by atoms with Crippen LogP contribution in [0.2, 0.25) is 0 Å². The highest BCUT2D eigenvalue weighted by atomic mass is 16.5. The number of nitrogens with zero attached hydrogens (tertiary/aromatic N) is 2. The van der Waals surface area contributed by atoms with Gasteiger partial charge in [-0.05, 0) is 20.8 Å². The summed E-state index contributed by atoms with van der Waals surface area (Å²) in [6.07, 6.45) is 2.06. The Morgan fingerprint density at radius 3 is 2.76 bits per heavy atom. The predicted molar refractivity (Wildman–Crippen MR) is 63.1 cm³/mol. The molecule has 1 aromatic heterocycles. The zero-order valence-electron chi connectivity index (χ0n) is 10.3.